The van der Waals surface area contributed by atoms with Gasteiger partial charge in [0.2, 0.25) is 0 Å². The van der Waals surface area contributed by atoms with Crippen molar-refractivity contribution in [2.75, 3.05) is 4.90 Å². The molecule has 6 nitrogen and oxygen atoms in total. The minimum Gasteiger partial charge on any atom is -0.457 e. The van der Waals surface area contributed by atoms with E-state index in [2.05, 4.69) is 58.2 Å². The number of benzene rings is 3. The summed E-state index contributed by atoms with van der Waals surface area (Å²) < 4.78 is 9.41. The normalized spacial score (nSPS) is 16.8. The molecule has 2 unspecified atom stereocenters. The molecule has 196 valence electrons. The van der Waals surface area contributed by atoms with Crippen LogP contribution >= 0.6 is 23.6 Å². The molecule has 3 aromatic heterocycles. The molecule has 0 spiro atoms. The van der Waals surface area contributed by atoms with E-state index in [4.69, 9.17) is 26.9 Å². The van der Waals surface area contributed by atoms with Gasteiger partial charge in [-0.05, 0) is 91.9 Å². The second kappa shape index (κ2) is 10.2. The van der Waals surface area contributed by atoms with Crippen molar-refractivity contribution in [3.05, 3.63) is 132 Å². The van der Waals surface area contributed by atoms with Gasteiger partial charge >= 0.3 is 0 Å². The Bertz CT molecular complexity index is 1760. The Kier molecular flexibility index (Phi) is 6.26. The molecule has 3 aromatic carbocycles. The van der Waals surface area contributed by atoms with Gasteiger partial charge in [-0.25, -0.2) is 4.98 Å². The standard InChI is InChI=1S/C32H25N5OS2/c1-21-11-15-23(16-12-21)38-24-17-13-22(14-18-24)37-30(29(35-31(37)39)26-8-4-5-19-33-26)27-9-6-20-36(27)32-34-25-7-2-3-10-28(25)40-32/h2-20,29-30H,1H3,(H,35,39). The molecule has 4 heterocycles. The predicted molar refractivity (Wildman–Crippen MR) is 165 cm³/mol. The summed E-state index contributed by atoms with van der Waals surface area (Å²) in [5, 5.41) is 5.12. The number of hydrogen-bond acceptors (Lipinski definition) is 5. The minimum absolute atomic E-state index is 0.153. The Morgan fingerprint density at radius 2 is 1.60 bits per heavy atom. The molecule has 0 amide bonds. The number of hydrogen-bond donors (Lipinski definition) is 1. The molecular weight excluding hydrogens is 535 g/mol. The van der Waals surface area contributed by atoms with E-state index >= 15 is 0 Å². The van der Waals surface area contributed by atoms with Crippen molar-refractivity contribution in [2.24, 2.45) is 0 Å². The number of fused-ring (bicyclic) bond motifs is 1. The highest BCUT2D eigenvalue weighted by Gasteiger charge is 2.42. The lowest BCUT2D eigenvalue weighted by molar-refractivity contribution is 0.482. The minimum atomic E-state index is -0.159. The first-order valence-corrected chi connectivity index (χ1v) is 14.2. The van der Waals surface area contributed by atoms with Gasteiger partial charge in [-0.1, -0.05) is 47.2 Å². The van der Waals surface area contributed by atoms with Crippen molar-refractivity contribution in [2.45, 2.75) is 19.0 Å². The van der Waals surface area contributed by atoms with E-state index in [1.807, 2.05) is 79.0 Å². The Balaban J connectivity index is 1.28. The number of aromatic nitrogens is 3. The molecule has 0 aliphatic carbocycles. The van der Waals surface area contributed by atoms with Gasteiger partial charge in [-0.2, -0.15) is 0 Å². The quantitative estimate of drug-likeness (QED) is 0.211. The number of anilines is 1. The molecule has 1 aliphatic heterocycles. The van der Waals surface area contributed by atoms with Crippen LogP contribution in [-0.4, -0.2) is 19.6 Å². The summed E-state index contributed by atoms with van der Waals surface area (Å²) in [7, 11) is 0. The number of rotatable bonds is 6. The van der Waals surface area contributed by atoms with Crippen LogP contribution in [0.4, 0.5) is 5.69 Å². The molecule has 1 aliphatic rings. The van der Waals surface area contributed by atoms with Gasteiger partial charge in [0.15, 0.2) is 10.2 Å². The van der Waals surface area contributed by atoms with Crippen LogP contribution in [0.3, 0.4) is 0 Å². The van der Waals surface area contributed by atoms with E-state index in [1.165, 1.54) is 5.56 Å². The fourth-order valence-electron chi connectivity index (χ4n) is 5.12. The summed E-state index contributed by atoms with van der Waals surface area (Å²) in [6.45, 7) is 2.06. The van der Waals surface area contributed by atoms with Gasteiger partial charge in [-0.15, -0.1) is 0 Å². The highest BCUT2D eigenvalue weighted by atomic mass is 32.1. The molecule has 8 heteroatoms. The van der Waals surface area contributed by atoms with Gasteiger partial charge in [0.1, 0.15) is 17.5 Å². The van der Waals surface area contributed by atoms with Gasteiger partial charge in [0, 0.05) is 18.1 Å². The zero-order valence-electron chi connectivity index (χ0n) is 21.6. The lowest BCUT2D eigenvalue weighted by atomic mass is 10.0. The summed E-state index contributed by atoms with van der Waals surface area (Å²) in [4.78, 5) is 11.8. The van der Waals surface area contributed by atoms with Gasteiger partial charge in [-0.3, -0.25) is 9.55 Å². The lowest BCUT2D eigenvalue weighted by Crippen LogP contribution is -2.30. The topological polar surface area (TPSA) is 55.2 Å². The summed E-state index contributed by atoms with van der Waals surface area (Å²) in [6.07, 6.45) is 3.89. The van der Waals surface area contributed by atoms with E-state index in [9.17, 15) is 0 Å². The van der Waals surface area contributed by atoms with E-state index in [1.54, 1.807) is 11.3 Å². The number of thiazole rings is 1. The van der Waals surface area contributed by atoms with E-state index in [0.717, 1.165) is 43.9 Å². The van der Waals surface area contributed by atoms with Crippen LogP contribution in [0.5, 0.6) is 11.5 Å². The average Bonchev–Trinajstić information content (AvgIpc) is 3.71. The number of para-hydroxylation sites is 1. The maximum Gasteiger partial charge on any atom is 0.194 e. The molecule has 1 N–H and O–H groups in total. The molecule has 40 heavy (non-hydrogen) atoms. The zero-order valence-corrected chi connectivity index (χ0v) is 23.3. The maximum atomic E-state index is 6.09. The highest BCUT2D eigenvalue weighted by molar-refractivity contribution is 7.80. The van der Waals surface area contributed by atoms with Gasteiger partial charge < -0.3 is 15.0 Å². The fourth-order valence-corrected chi connectivity index (χ4v) is 6.44. The molecule has 0 radical (unpaired) electrons. The third-order valence-electron chi connectivity index (χ3n) is 7.04. The largest absolute Gasteiger partial charge is 0.457 e. The van der Waals surface area contributed by atoms with Crippen LogP contribution < -0.4 is 15.0 Å². The van der Waals surface area contributed by atoms with Crippen LogP contribution in [0, 0.1) is 6.92 Å². The molecule has 0 saturated carbocycles. The summed E-state index contributed by atoms with van der Waals surface area (Å²) in [6, 6.07) is 34.2. The molecule has 1 saturated heterocycles. The molecule has 1 fully saturated rings. The lowest BCUT2D eigenvalue weighted by Gasteiger charge is -2.28. The molecule has 2 atom stereocenters. The maximum absolute atomic E-state index is 6.09. The fraction of sp³-hybridized carbons (Fsp3) is 0.0938. The van der Waals surface area contributed by atoms with Crippen LogP contribution in [-0.2, 0) is 0 Å². The third kappa shape index (κ3) is 4.51. The number of aryl methyl sites for hydroxylation is 1. The van der Waals surface area contributed by atoms with E-state index in [-0.39, 0.29) is 12.1 Å². The highest BCUT2D eigenvalue weighted by Crippen LogP contribution is 2.43. The predicted octanol–water partition coefficient (Wildman–Crippen LogP) is 7.76. The first-order valence-electron chi connectivity index (χ1n) is 13.0. The average molecular weight is 560 g/mol. The molecule has 0 bridgehead atoms. The Morgan fingerprint density at radius 3 is 2.35 bits per heavy atom. The first-order chi connectivity index (χ1) is 19.6. The van der Waals surface area contributed by atoms with E-state index < -0.39 is 0 Å². The van der Waals surface area contributed by atoms with Crippen molar-refractivity contribution in [1.29, 1.82) is 0 Å². The van der Waals surface area contributed by atoms with Crippen LogP contribution in [0.15, 0.2) is 116 Å². The van der Waals surface area contributed by atoms with E-state index in [0.29, 0.717) is 5.11 Å². The number of nitrogens with zero attached hydrogens (tertiary/aromatic N) is 4. The Labute approximate surface area is 241 Å². The molecular formula is C32H25N5OS2. The number of thiocarbonyl (C=S) groups is 1. The van der Waals surface area contributed by atoms with Crippen LogP contribution in [0.1, 0.15) is 29.0 Å². The summed E-state index contributed by atoms with van der Waals surface area (Å²) in [5.74, 6) is 1.57. The van der Waals surface area contributed by atoms with Crippen molar-refractivity contribution in [1.82, 2.24) is 19.9 Å². The van der Waals surface area contributed by atoms with Crippen molar-refractivity contribution in [3.8, 4) is 16.6 Å². The summed E-state index contributed by atoms with van der Waals surface area (Å²) in [5.41, 5.74) is 5.15. The number of ether oxygens (including phenoxy) is 1. The van der Waals surface area contributed by atoms with Crippen LogP contribution in [0.25, 0.3) is 15.3 Å². The molecule has 7 rings (SSSR count). The second-order valence-electron chi connectivity index (χ2n) is 9.67. The summed E-state index contributed by atoms with van der Waals surface area (Å²) >= 11 is 7.62. The Morgan fingerprint density at radius 1 is 0.850 bits per heavy atom. The monoisotopic (exact) mass is 559 g/mol. The van der Waals surface area contributed by atoms with Crippen molar-refractivity contribution in [3.63, 3.8) is 0 Å². The molecule has 6 aromatic rings. The number of nitrogens with one attached hydrogen (secondary N) is 1. The smallest absolute Gasteiger partial charge is 0.194 e. The van der Waals surface area contributed by atoms with Crippen LogP contribution in [0.2, 0.25) is 0 Å². The van der Waals surface area contributed by atoms with Gasteiger partial charge in [0.05, 0.1) is 27.6 Å². The SMILES string of the molecule is Cc1ccc(Oc2ccc(N3C(=S)NC(c4ccccn4)C3c3cccn3-c3nc4ccccc4s3)cc2)cc1. The van der Waals surface area contributed by atoms with Crippen molar-refractivity contribution >= 4 is 44.6 Å². The Hall–Kier alpha value is -4.53. The third-order valence-corrected chi connectivity index (χ3v) is 8.39. The van der Waals surface area contributed by atoms with Crippen molar-refractivity contribution < 1.29 is 4.74 Å². The first kappa shape index (κ1) is 24.5. The zero-order chi connectivity index (χ0) is 27.1. The second-order valence-corrected chi connectivity index (χ2v) is 11.1. The van der Waals surface area contributed by atoms with Gasteiger partial charge in [0.25, 0.3) is 0 Å². The number of pyridine rings is 1.